The zero-order chi connectivity index (χ0) is 34.1. The SMILES string of the molecule is CCCCCCCCCCCCCCCCCCCC(O)C(COP(=O)(O)OCCN)NC(=O)CC(O)CCCCCCCCC. The van der Waals surface area contributed by atoms with Crippen molar-refractivity contribution in [2.45, 2.75) is 205 Å². The third-order valence-corrected chi connectivity index (χ3v) is 9.75. The molecular formula is C36H75N2O7P. The Morgan fingerprint density at radius 3 is 1.46 bits per heavy atom. The molecule has 1 amide bonds. The van der Waals surface area contributed by atoms with Crippen molar-refractivity contribution >= 4 is 13.7 Å². The minimum absolute atomic E-state index is 0.0621. The summed E-state index contributed by atoms with van der Waals surface area (Å²) in [5.41, 5.74) is 5.34. The van der Waals surface area contributed by atoms with Crippen molar-refractivity contribution in [3.8, 4) is 0 Å². The molecule has 9 nitrogen and oxygen atoms in total. The van der Waals surface area contributed by atoms with Gasteiger partial charge in [-0.3, -0.25) is 13.8 Å². The van der Waals surface area contributed by atoms with Crippen LogP contribution in [0.25, 0.3) is 0 Å². The molecule has 0 saturated heterocycles. The third kappa shape index (κ3) is 30.8. The Labute approximate surface area is 283 Å². The lowest BCUT2D eigenvalue weighted by Crippen LogP contribution is -2.47. The highest BCUT2D eigenvalue weighted by Crippen LogP contribution is 2.43. The molecule has 0 heterocycles. The van der Waals surface area contributed by atoms with Gasteiger partial charge in [0.15, 0.2) is 0 Å². The van der Waals surface area contributed by atoms with Gasteiger partial charge < -0.3 is 26.2 Å². The number of amides is 1. The molecule has 6 N–H and O–H groups in total. The Hall–Kier alpha value is -0.540. The highest BCUT2D eigenvalue weighted by atomic mass is 31.2. The van der Waals surface area contributed by atoms with E-state index in [0.29, 0.717) is 12.8 Å². The lowest BCUT2D eigenvalue weighted by molar-refractivity contribution is -0.125. The van der Waals surface area contributed by atoms with E-state index in [0.717, 1.165) is 38.5 Å². The van der Waals surface area contributed by atoms with Crippen LogP contribution in [0.4, 0.5) is 0 Å². The lowest BCUT2D eigenvalue weighted by Gasteiger charge is -2.25. The zero-order valence-electron chi connectivity index (χ0n) is 29.9. The molecular weight excluding hydrogens is 603 g/mol. The summed E-state index contributed by atoms with van der Waals surface area (Å²) in [6, 6.07) is -0.888. The summed E-state index contributed by atoms with van der Waals surface area (Å²) in [7, 11) is -4.36. The van der Waals surface area contributed by atoms with Gasteiger partial charge in [-0.1, -0.05) is 168 Å². The predicted molar refractivity (Wildman–Crippen MR) is 191 cm³/mol. The summed E-state index contributed by atoms with van der Waals surface area (Å²) in [6.07, 6.45) is 28.8. The van der Waals surface area contributed by atoms with E-state index < -0.39 is 32.0 Å². The number of nitrogens with two attached hydrogens (primary N) is 1. The average molecular weight is 679 g/mol. The molecule has 0 rings (SSSR count). The van der Waals surface area contributed by atoms with E-state index in [1.807, 2.05) is 0 Å². The molecule has 0 radical (unpaired) electrons. The maximum Gasteiger partial charge on any atom is 0.472 e. The molecule has 4 atom stereocenters. The molecule has 0 aliphatic rings. The van der Waals surface area contributed by atoms with Gasteiger partial charge in [0.2, 0.25) is 5.91 Å². The van der Waals surface area contributed by atoms with Crippen molar-refractivity contribution in [2.75, 3.05) is 19.8 Å². The van der Waals surface area contributed by atoms with Gasteiger partial charge in [0, 0.05) is 6.54 Å². The smallest absolute Gasteiger partial charge is 0.393 e. The van der Waals surface area contributed by atoms with Crippen LogP contribution < -0.4 is 11.1 Å². The van der Waals surface area contributed by atoms with Crippen LogP contribution in [-0.4, -0.2) is 59.0 Å². The standard InChI is InChI=1S/C36H75N2O7P/c1-3-5-7-9-11-12-13-14-15-16-17-18-19-20-22-24-26-28-35(40)34(32-45-46(42,43)44-30-29-37)38-36(41)31-33(39)27-25-23-21-10-8-6-4-2/h33-35,39-40H,3-32,37H2,1-2H3,(H,38,41)(H,42,43). The van der Waals surface area contributed by atoms with Crippen molar-refractivity contribution < 1.29 is 33.5 Å². The molecule has 0 bridgehead atoms. The maximum atomic E-state index is 12.7. The van der Waals surface area contributed by atoms with E-state index in [1.165, 1.54) is 116 Å². The second-order valence-corrected chi connectivity index (χ2v) is 14.8. The van der Waals surface area contributed by atoms with Crippen LogP contribution in [0.1, 0.15) is 187 Å². The van der Waals surface area contributed by atoms with E-state index in [9.17, 15) is 24.5 Å². The second kappa shape index (κ2) is 33.0. The number of nitrogens with one attached hydrogen (secondary N) is 1. The number of carbonyl (C=O) groups excluding carboxylic acids is 1. The van der Waals surface area contributed by atoms with Crippen LogP contribution >= 0.6 is 7.82 Å². The zero-order valence-corrected chi connectivity index (χ0v) is 30.8. The molecule has 0 aromatic rings. The van der Waals surface area contributed by atoms with Crippen LogP contribution in [0.2, 0.25) is 0 Å². The first kappa shape index (κ1) is 45.5. The fraction of sp³-hybridized carbons (Fsp3) is 0.972. The average Bonchev–Trinajstić information content (AvgIpc) is 3.03. The van der Waals surface area contributed by atoms with Crippen LogP contribution in [0.15, 0.2) is 0 Å². The van der Waals surface area contributed by atoms with Crippen LogP contribution in [0, 0.1) is 0 Å². The quantitative estimate of drug-likeness (QED) is 0.0326. The summed E-state index contributed by atoms with van der Waals surface area (Å²) < 4.78 is 22.0. The van der Waals surface area contributed by atoms with Crippen molar-refractivity contribution in [3.63, 3.8) is 0 Å². The maximum absolute atomic E-state index is 12.7. The van der Waals surface area contributed by atoms with E-state index in [-0.39, 0.29) is 26.2 Å². The first-order valence-corrected chi connectivity index (χ1v) is 20.7. The molecule has 4 unspecified atom stereocenters. The molecule has 10 heteroatoms. The Morgan fingerprint density at radius 1 is 0.652 bits per heavy atom. The van der Waals surface area contributed by atoms with Crippen molar-refractivity contribution in [3.05, 3.63) is 0 Å². The number of carbonyl (C=O) groups is 1. The predicted octanol–water partition coefficient (Wildman–Crippen LogP) is 8.86. The van der Waals surface area contributed by atoms with Gasteiger partial charge in [-0.05, 0) is 12.8 Å². The topological polar surface area (TPSA) is 151 Å². The molecule has 276 valence electrons. The number of rotatable bonds is 36. The van der Waals surface area contributed by atoms with Gasteiger partial charge in [0.25, 0.3) is 0 Å². The van der Waals surface area contributed by atoms with Crippen molar-refractivity contribution in [1.82, 2.24) is 5.32 Å². The molecule has 0 spiro atoms. The molecule has 0 fully saturated rings. The van der Waals surface area contributed by atoms with Gasteiger partial charge >= 0.3 is 7.82 Å². The first-order valence-electron chi connectivity index (χ1n) is 19.2. The number of phosphoric acid groups is 1. The Kier molecular flexibility index (Phi) is 32.6. The van der Waals surface area contributed by atoms with E-state index in [1.54, 1.807) is 0 Å². The minimum atomic E-state index is -4.36. The van der Waals surface area contributed by atoms with E-state index >= 15 is 0 Å². The molecule has 0 aliphatic carbocycles. The number of phosphoric ester groups is 1. The largest absolute Gasteiger partial charge is 0.472 e. The van der Waals surface area contributed by atoms with E-state index in [2.05, 4.69) is 19.2 Å². The summed E-state index contributed by atoms with van der Waals surface area (Å²) in [6.45, 7) is 4.00. The molecule has 0 aliphatic heterocycles. The number of hydrogen-bond donors (Lipinski definition) is 5. The lowest BCUT2D eigenvalue weighted by atomic mass is 10.0. The first-order chi connectivity index (χ1) is 22.3. The summed E-state index contributed by atoms with van der Waals surface area (Å²) >= 11 is 0. The van der Waals surface area contributed by atoms with E-state index in [4.69, 9.17) is 14.8 Å². The van der Waals surface area contributed by atoms with Crippen LogP contribution in [-0.2, 0) is 18.4 Å². The summed E-state index contributed by atoms with van der Waals surface area (Å²) in [5.74, 6) is -0.416. The normalized spacial score (nSPS) is 15.0. The fourth-order valence-corrected chi connectivity index (χ4v) is 6.59. The van der Waals surface area contributed by atoms with Gasteiger partial charge in [0.1, 0.15) is 0 Å². The van der Waals surface area contributed by atoms with Gasteiger partial charge in [-0.15, -0.1) is 0 Å². The number of aliphatic hydroxyl groups excluding tert-OH is 2. The molecule has 0 saturated carbocycles. The third-order valence-electron chi connectivity index (χ3n) is 8.77. The molecule has 46 heavy (non-hydrogen) atoms. The monoisotopic (exact) mass is 679 g/mol. The molecule has 0 aromatic carbocycles. The minimum Gasteiger partial charge on any atom is -0.393 e. The summed E-state index contributed by atoms with van der Waals surface area (Å²) in [4.78, 5) is 22.6. The highest BCUT2D eigenvalue weighted by Gasteiger charge is 2.28. The van der Waals surface area contributed by atoms with Gasteiger partial charge in [0.05, 0.1) is 37.9 Å². The van der Waals surface area contributed by atoms with Crippen LogP contribution in [0.5, 0.6) is 0 Å². The number of unbranched alkanes of at least 4 members (excludes halogenated alkanes) is 22. The summed E-state index contributed by atoms with van der Waals surface area (Å²) in [5, 5.41) is 23.9. The molecule has 0 aromatic heterocycles. The Bertz CT molecular complexity index is 716. The second-order valence-electron chi connectivity index (χ2n) is 13.3. The van der Waals surface area contributed by atoms with Gasteiger partial charge in [-0.2, -0.15) is 0 Å². The number of aliphatic hydroxyl groups is 2. The highest BCUT2D eigenvalue weighted by molar-refractivity contribution is 7.47. The van der Waals surface area contributed by atoms with Crippen molar-refractivity contribution in [2.24, 2.45) is 5.73 Å². The Balaban J connectivity index is 4.27. The fourth-order valence-electron chi connectivity index (χ4n) is 5.83. The Morgan fingerprint density at radius 2 is 1.04 bits per heavy atom. The van der Waals surface area contributed by atoms with Gasteiger partial charge in [-0.25, -0.2) is 4.57 Å². The number of hydrogen-bond acceptors (Lipinski definition) is 7. The van der Waals surface area contributed by atoms with Crippen molar-refractivity contribution in [1.29, 1.82) is 0 Å². The van der Waals surface area contributed by atoms with Crippen LogP contribution in [0.3, 0.4) is 0 Å².